The second kappa shape index (κ2) is 7.26. The topological polar surface area (TPSA) is 40.4 Å². The van der Waals surface area contributed by atoms with E-state index in [1.807, 2.05) is 23.6 Å². The molecule has 0 radical (unpaired) electrons. The maximum atomic E-state index is 13.7. The zero-order valence-corrected chi connectivity index (χ0v) is 17.4. The van der Waals surface area contributed by atoms with Gasteiger partial charge in [0.25, 0.3) is 0 Å². The summed E-state index contributed by atoms with van der Waals surface area (Å²) in [7, 11) is 0. The van der Waals surface area contributed by atoms with Crippen molar-refractivity contribution in [3.05, 3.63) is 77.0 Å². The van der Waals surface area contributed by atoms with E-state index in [-0.39, 0.29) is 17.0 Å². The molecule has 4 rings (SSSR count). The van der Waals surface area contributed by atoms with Gasteiger partial charge >= 0.3 is 11.9 Å². The number of allylic oxidation sites excluding steroid dienone is 1. The summed E-state index contributed by atoms with van der Waals surface area (Å²) in [4.78, 5) is 27.3. The van der Waals surface area contributed by atoms with Gasteiger partial charge in [-0.1, -0.05) is 51.1 Å². The summed E-state index contributed by atoms with van der Waals surface area (Å²) in [5.41, 5.74) is 3.16. The molecule has 148 valence electrons. The van der Waals surface area contributed by atoms with Gasteiger partial charge in [0.15, 0.2) is 5.25 Å². The molecule has 2 heterocycles. The highest BCUT2D eigenvalue weighted by molar-refractivity contribution is 8.04. The molecule has 29 heavy (non-hydrogen) atoms. The summed E-state index contributed by atoms with van der Waals surface area (Å²) < 4.78 is 15.3. The maximum Gasteiger partial charge on any atom is 0.506 e. The van der Waals surface area contributed by atoms with E-state index in [9.17, 15) is 14.0 Å². The second-order valence-electron chi connectivity index (χ2n) is 8.21. The van der Waals surface area contributed by atoms with Gasteiger partial charge in [-0.25, -0.2) is 9.18 Å². The Hall–Kier alpha value is -2.73. The lowest BCUT2D eigenvalue weighted by Crippen LogP contribution is -2.55. The maximum absolute atomic E-state index is 13.7. The van der Waals surface area contributed by atoms with E-state index in [2.05, 4.69) is 32.9 Å². The summed E-state index contributed by atoms with van der Waals surface area (Å²) in [5.74, 6) is -0.829. The Balaban J connectivity index is 1.71. The fourth-order valence-electron chi connectivity index (χ4n) is 3.51. The van der Waals surface area contributed by atoms with Gasteiger partial charge in [-0.2, -0.15) is 9.37 Å². The Morgan fingerprint density at radius 1 is 1.10 bits per heavy atom. The molecule has 4 nitrogen and oxygen atoms in total. The number of urea groups is 1. The van der Waals surface area contributed by atoms with E-state index in [1.54, 1.807) is 10.6 Å². The molecule has 2 aromatic rings. The number of hydrogen-bond acceptors (Lipinski definition) is 3. The summed E-state index contributed by atoms with van der Waals surface area (Å²) in [6.07, 6.45) is 1.82. The number of benzene rings is 2. The van der Waals surface area contributed by atoms with Crippen molar-refractivity contribution < 1.29 is 18.6 Å². The van der Waals surface area contributed by atoms with Gasteiger partial charge in [-0.05, 0) is 40.2 Å². The first-order valence-corrected chi connectivity index (χ1v) is 10.4. The summed E-state index contributed by atoms with van der Waals surface area (Å²) >= 11 is 1.36. The van der Waals surface area contributed by atoms with Crippen LogP contribution in [0.1, 0.15) is 31.9 Å². The number of nitrogens with zero attached hydrogens (tertiary/aromatic N) is 2. The molecule has 0 saturated heterocycles. The minimum Gasteiger partial charge on any atom is -0.244 e. The predicted octanol–water partition coefficient (Wildman–Crippen LogP) is 4.87. The number of carbonyl (C=O) groups is 2. The molecule has 0 aliphatic carbocycles. The van der Waals surface area contributed by atoms with E-state index in [4.69, 9.17) is 0 Å². The number of hydrogen-bond donors (Lipinski definition) is 0. The van der Waals surface area contributed by atoms with Crippen molar-refractivity contribution in [3.8, 4) is 0 Å². The third-order valence-electron chi connectivity index (χ3n) is 5.13. The van der Waals surface area contributed by atoms with Crippen LogP contribution in [0.25, 0.3) is 0 Å². The molecular weight excluding hydrogens is 387 g/mol. The first kappa shape index (κ1) is 19.6. The van der Waals surface area contributed by atoms with Crippen molar-refractivity contribution in [2.24, 2.45) is 0 Å². The molecule has 0 saturated carbocycles. The second-order valence-corrected chi connectivity index (χ2v) is 9.23. The summed E-state index contributed by atoms with van der Waals surface area (Å²) in [6, 6.07) is 13.3. The average molecular weight is 410 g/mol. The molecule has 6 heteroatoms. The fraction of sp³-hybridized carbons (Fsp3) is 0.261. The molecule has 0 fully saturated rings. The lowest BCUT2D eigenvalue weighted by atomic mass is 9.87. The number of anilines is 1. The number of rotatable bonds is 3. The van der Waals surface area contributed by atoms with E-state index >= 15 is 0 Å². The predicted molar refractivity (Wildman–Crippen MR) is 114 cm³/mol. The van der Waals surface area contributed by atoms with Crippen molar-refractivity contribution in [2.75, 3.05) is 4.90 Å². The molecule has 2 aliphatic heterocycles. The minimum atomic E-state index is -0.496. The van der Waals surface area contributed by atoms with E-state index in [1.165, 1.54) is 35.5 Å². The summed E-state index contributed by atoms with van der Waals surface area (Å²) in [6.45, 7) is 6.80. The van der Waals surface area contributed by atoms with Crippen LogP contribution in [0.3, 0.4) is 0 Å². The monoisotopic (exact) mass is 409 g/mol. The highest BCUT2D eigenvalue weighted by atomic mass is 32.2. The van der Waals surface area contributed by atoms with Gasteiger partial charge < -0.3 is 0 Å². The number of fused-ring (bicyclic) bond motifs is 1. The molecule has 1 unspecified atom stereocenters. The van der Waals surface area contributed by atoms with Crippen LogP contribution in [0.5, 0.6) is 0 Å². The smallest absolute Gasteiger partial charge is 0.244 e. The van der Waals surface area contributed by atoms with Crippen LogP contribution in [0.4, 0.5) is 14.9 Å². The standard InChI is InChI=1S/C23H22FN2O2S/c1-23(2,3)16-9-7-15(8-10-16)14-25-19-11-12-29-20(19)21(27)26(22(25)28)18-6-4-5-17(24)13-18/h4-13,20H,14H2,1-3H3/q+1. The number of imide groups is 1. The van der Waals surface area contributed by atoms with Crippen LogP contribution >= 0.6 is 11.8 Å². The van der Waals surface area contributed by atoms with E-state index in [0.717, 1.165) is 10.5 Å². The first-order chi connectivity index (χ1) is 13.8. The summed E-state index contributed by atoms with van der Waals surface area (Å²) in [5, 5.41) is 1.33. The largest absolute Gasteiger partial charge is 0.506 e. The number of carbonyl (C=O) groups excluding carboxylic acids is 2. The van der Waals surface area contributed by atoms with E-state index in [0.29, 0.717) is 12.3 Å². The van der Waals surface area contributed by atoms with Crippen LogP contribution in [-0.4, -0.2) is 27.5 Å². The van der Waals surface area contributed by atoms with Crippen molar-refractivity contribution in [1.29, 1.82) is 0 Å². The highest BCUT2D eigenvalue weighted by Gasteiger charge is 2.50. The van der Waals surface area contributed by atoms with Gasteiger partial charge in [-0.3, -0.25) is 0 Å². The Kier molecular flexibility index (Phi) is 4.90. The molecule has 0 aromatic heterocycles. The quantitative estimate of drug-likeness (QED) is 0.679. The van der Waals surface area contributed by atoms with Gasteiger partial charge in [0.05, 0.1) is 0 Å². The average Bonchev–Trinajstić information content (AvgIpc) is 3.15. The van der Waals surface area contributed by atoms with E-state index < -0.39 is 17.1 Å². The van der Waals surface area contributed by atoms with Crippen LogP contribution in [0, 0.1) is 5.82 Å². The van der Waals surface area contributed by atoms with Gasteiger partial charge in [0.1, 0.15) is 23.8 Å². The first-order valence-electron chi connectivity index (χ1n) is 9.45. The molecule has 2 aromatic carbocycles. The SMILES string of the molecule is CC(C)(C)c1ccc(C[N+]2=C3C=CSC3C(=O)N(c3cccc(F)c3)C2=O)cc1. The minimum absolute atomic E-state index is 0.0464. The molecule has 3 amide bonds. The normalized spacial score (nSPS) is 19.2. The zero-order chi connectivity index (χ0) is 20.8. The molecule has 0 spiro atoms. The molecule has 1 atom stereocenters. The lowest BCUT2D eigenvalue weighted by Gasteiger charge is -2.24. The number of amides is 3. The highest BCUT2D eigenvalue weighted by Crippen LogP contribution is 2.31. The van der Waals surface area contributed by atoms with Crippen molar-refractivity contribution in [2.45, 2.75) is 38.0 Å². The third kappa shape index (κ3) is 3.65. The molecule has 0 bridgehead atoms. The lowest BCUT2D eigenvalue weighted by molar-refractivity contribution is -0.444. The Morgan fingerprint density at radius 3 is 2.48 bits per heavy atom. The van der Waals surface area contributed by atoms with Gasteiger partial charge in [-0.15, -0.1) is 16.7 Å². The fourth-order valence-corrected chi connectivity index (χ4v) is 4.45. The van der Waals surface area contributed by atoms with Crippen LogP contribution in [0.15, 0.2) is 60.0 Å². The number of thioether (sulfide) groups is 1. The van der Waals surface area contributed by atoms with Crippen molar-refractivity contribution >= 4 is 35.1 Å². The van der Waals surface area contributed by atoms with Crippen LogP contribution < -0.4 is 4.90 Å². The Labute approximate surface area is 173 Å². The zero-order valence-electron chi connectivity index (χ0n) is 16.6. The third-order valence-corrected chi connectivity index (χ3v) is 6.14. The van der Waals surface area contributed by atoms with Gasteiger partial charge in [0.2, 0.25) is 0 Å². The van der Waals surface area contributed by atoms with Crippen LogP contribution in [0.2, 0.25) is 0 Å². The molecular formula is C23H22FN2O2S+. The Bertz CT molecular complexity index is 1050. The van der Waals surface area contributed by atoms with Crippen LogP contribution in [-0.2, 0) is 16.8 Å². The van der Waals surface area contributed by atoms with Crippen molar-refractivity contribution in [1.82, 2.24) is 0 Å². The molecule has 0 N–H and O–H groups in total. The Morgan fingerprint density at radius 2 is 1.83 bits per heavy atom. The van der Waals surface area contributed by atoms with Crippen molar-refractivity contribution in [3.63, 3.8) is 0 Å². The molecule has 2 aliphatic rings. The number of halogens is 1. The van der Waals surface area contributed by atoms with Gasteiger partial charge in [0, 0.05) is 6.07 Å².